The van der Waals surface area contributed by atoms with E-state index in [4.69, 9.17) is 11.5 Å². The van der Waals surface area contributed by atoms with Crippen LogP contribution in [-0.4, -0.2) is 24.3 Å². The lowest BCUT2D eigenvalue weighted by atomic mass is 10.4. The Balaban J connectivity index is 2.70. The van der Waals surface area contributed by atoms with Gasteiger partial charge in [0.1, 0.15) is 0 Å². The SMILES string of the molecule is COC(=O)ON=C(N)c1no[nH+]c1N. The number of rotatable bonds is 2. The van der Waals surface area contributed by atoms with Gasteiger partial charge in [-0.1, -0.05) is 10.3 Å². The topological polar surface area (TPSA) is 140 Å². The lowest BCUT2D eigenvalue weighted by molar-refractivity contribution is -0.610. The molecule has 76 valence electrons. The van der Waals surface area contributed by atoms with Gasteiger partial charge >= 0.3 is 17.7 Å². The number of amidine groups is 1. The van der Waals surface area contributed by atoms with Gasteiger partial charge < -0.3 is 16.2 Å². The van der Waals surface area contributed by atoms with Crippen LogP contribution in [-0.2, 0) is 9.57 Å². The highest BCUT2D eigenvalue weighted by molar-refractivity contribution is 5.98. The Morgan fingerprint density at radius 2 is 2.43 bits per heavy atom. The molecule has 0 aromatic carbocycles. The van der Waals surface area contributed by atoms with Crippen LogP contribution < -0.4 is 16.6 Å². The zero-order valence-electron chi connectivity index (χ0n) is 7.18. The summed E-state index contributed by atoms with van der Waals surface area (Å²) in [6.07, 6.45) is -1.00. The van der Waals surface area contributed by atoms with E-state index in [-0.39, 0.29) is 17.3 Å². The molecular formula is C5H8N5O4+. The third kappa shape index (κ3) is 2.09. The van der Waals surface area contributed by atoms with E-state index in [0.717, 1.165) is 7.11 Å². The molecule has 0 spiro atoms. The fraction of sp³-hybridized carbons (Fsp3) is 0.200. The first-order valence-electron chi connectivity index (χ1n) is 3.36. The Morgan fingerprint density at radius 3 is 2.93 bits per heavy atom. The second-order valence-electron chi connectivity index (χ2n) is 2.07. The minimum absolute atomic E-state index is 0.0499. The summed E-state index contributed by atoms with van der Waals surface area (Å²) in [5, 5.41) is 8.78. The smallest absolute Gasteiger partial charge is 0.436 e. The zero-order chi connectivity index (χ0) is 10.6. The predicted molar refractivity (Wildman–Crippen MR) is 41.7 cm³/mol. The van der Waals surface area contributed by atoms with E-state index >= 15 is 0 Å². The van der Waals surface area contributed by atoms with Gasteiger partial charge in [-0.3, -0.25) is 4.84 Å². The maximum absolute atomic E-state index is 10.5. The monoisotopic (exact) mass is 202 g/mol. The van der Waals surface area contributed by atoms with Crippen molar-refractivity contribution in [2.24, 2.45) is 10.9 Å². The molecule has 1 rings (SSSR count). The van der Waals surface area contributed by atoms with Crippen LogP contribution in [0.1, 0.15) is 5.69 Å². The first kappa shape index (κ1) is 9.77. The standard InChI is InChI=1S/C5H7N5O4/c1-12-5(11)13-9-3(6)2-4(7)10-14-8-2/h1H3,(H2,6,9)(H2,7,10)/p+1. The van der Waals surface area contributed by atoms with Crippen LogP contribution in [0.15, 0.2) is 9.78 Å². The van der Waals surface area contributed by atoms with Gasteiger partial charge in [-0.2, -0.15) is 0 Å². The Kier molecular flexibility index (Phi) is 2.84. The maximum Gasteiger partial charge on any atom is 0.534 e. The van der Waals surface area contributed by atoms with Crippen LogP contribution in [0.4, 0.5) is 10.6 Å². The van der Waals surface area contributed by atoms with E-state index in [1.807, 2.05) is 0 Å². The molecule has 0 amide bonds. The highest BCUT2D eigenvalue weighted by Crippen LogP contribution is 1.99. The molecule has 0 bridgehead atoms. The van der Waals surface area contributed by atoms with E-state index in [1.54, 1.807) is 0 Å². The number of aromatic nitrogens is 2. The van der Waals surface area contributed by atoms with Crippen molar-refractivity contribution in [1.82, 2.24) is 5.16 Å². The molecular weight excluding hydrogens is 194 g/mol. The highest BCUT2D eigenvalue weighted by atomic mass is 16.8. The number of H-pyrrole nitrogens is 1. The molecule has 0 aliphatic carbocycles. The molecule has 14 heavy (non-hydrogen) atoms. The fourth-order valence-corrected chi connectivity index (χ4v) is 0.567. The summed E-state index contributed by atoms with van der Waals surface area (Å²) in [5.41, 5.74) is 10.7. The summed E-state index contributed by atoms with van der Waals surface area (Å²) in [5.74, 6) is -0.141. The molecule has 1 aromatic heterocycles. The third-order valence-corrected chi connectivity index (χ3v) is 1.18. The molecule has 9 heteroatoms. The Bertz CT molecular complexity index is 359. The van der Waals surface area contributed by atoms with Gasteiger partial charge in [0.05, 0.1) is 12.3 Å². The summed E-state index contributed by atoms with van der Waals surface area (Å²) < 4.78 is 8.51. The summed E-state index contributed by atoms with van der Waals surface area (Å²) in [7, 11) is 1.13. The summed E-state index contributed by atoms with van der Waals surface area (Å²) in [6.45, 7) is 0. The van der Waals surface area contributed by atoms with Crippen LogP contribution in [0.3, 0.4) is 0 Å². The average molecular weight is 202 g/mol. The second kappa shape index (κ2) is 4.07. The number of anilines is 1. The summed E-state index contributed by atoms with van der Waals surface area (Å²) in [6, 6.07) is 0. The molecule has 0 radical (unpaired) electrons. The number of methoxy groups -OCH3 is 1. The number of carbonyl (C=O) groups is 1. The van der Waals surface area contributed by atoms with Crippen LogP contribution in [0.2, 0.25) is 0 Å². The number of hydrogen-bond donors (Lipinski definition) is 2. The molecule has 0 unspecified atom stereocenters. The molecule has 0 fully saturated rings. The molecule has 1 aromatic rings. The lowest BCUT2D eigenvalue weighted by Crippen LogP contribution is -2.18. The van der Waals surface area contributed by atoms with Crippen molar-refractivity contribution >= 4 is 17.8 Å². The van der Waals surface area contributed by atoms with Crippen molar-refractivity contribution in [3.05, 3.63) is 5.69 Å². The summed E-state index contributed by atoms with van der Waals surface area (Å²) in [4.78, 5) is 14.7. The number of nitrogen functional groups attached to an aromatic ring is 1. The second-order valence-corrected chi connectivity index (χ2v) is 2.07. The van der Waals surface area contributed by atoms with E-state index in [1.165, 1.54) is 0 Å². The zero-order valence-corrected chi connectivity index (χ0v) is 7.18. The van der Waals surface area contributed by atoms with Crippen LogP contribution >= 0.6 is 0 Å². The van der Waals surface area contributed by atoms with Crippen molar-refractivity contribution in [1.29, 1.82) is 0 Å². The van der Waals surface area contributed by atoms with E-state index in [0.29, 0.717) is 0 Å². The van der Waals surface area contributed by atoms with Crippen LogP contribution in [0.5, 0.6) is 0 Å². The largest absolute Gasteiger partial charge is 0.534 e. The molecule has 0 saturated carbocycles. The van der Waals surface area contributed by atoms with Crippen molar-refractivity contribution in [2.75, 3.05) is 12.8 Å². The van der Waals surface area contributed by atoms with Crippen molar-refractivity contribution in [3.8, 4) is 0 Å². The molecule has 5 N–H and O–H groups in total. The Labute approximate surface area is 77.6 Å². The number of carbonyl (C=O) groups excluding carboxylic acids is 1. The molecule has 0 aliphatic rings. The minimum Gasteiger partial charge on any atom is -0.436 e. The third-order valence-electron chi connectivity index (χ3n) is 1.18. The average Bonchev–Trinajstić information content (AvgIpc) is 2.60. The van der Waals surface area contributed by atoms with E-state index < -0.39 is 6.16 Å². The number of oxime groups is 1. The van der Waals surface area contributed by atoms with Crippen molar-refractivity contribution < 1.29 is 24.2 Å². The quantitative estimate of drug-likeness (QED) is 0.195. The number of ether oxygens (including phenoxy) is 1. The van der Waals surface area contributed by atoms with Gasteiger partial charge in [0.25, 0.3) is 0 Å². The number of nitrogens with one attached hydrogen (secondary N) is 1. The molecule has 9 nitrogen and oxygen atoms in total. The van der Waals surface area contributed by atoms with Gasteiger partial charge in [0, 0.05) is 0 Å². The first-order valence-corrected chi connectivity index (χ1v) is 3.36. The normalized spacial score (nSPS) is 11.1. The number of aromatic amines is 1. The maximum atomic E-state index is 10.5. The van der Waals surface area contributed by atoms with Crippen LogP contribution in [0.25, 0.3) is 0 Å². The van der Waals surface area contributed by atoms with Gasteiger partial charge in [-0.15, -0.1) is 4.63 Å². The Hall–Kier alpha value is -2.32. The number of nitrogens with zero attached hydrogens (tertiary/aromatic N) is 2. The molecule has 0 saturated heterocycles. The van der Waals surface area contributed by atoms with Gasteiger partial charge in [-0.05, 0) is 0 Å². The van der Waals surface area contributed by atoms with E-state index in [9.17, 15) is 4.79 Å². The highest BCUT2D eigenvalue weighted by Gasteiger charge is 2.18. The number of nitrogens with two attached hydrogens (primary N) is 2. The molecule has 0 atom stereocenters. The first-order chi connectivity index (χ1) is 6.65. The Morgan fingerprint density at radius 1 is 1.71 bits per heavy atom. The van der Waals surface area contributed by atoms with Gasteiger partial charge in [0.15, 0.2) is 0 Å². The predicted octanol–water partition coefficient (Wildman–Crippen LogP) is -1.53. The van der Waals surface area contributed by atoms with Crippen molar-refractivity contribution in [3.63, 3.8) is 0 Å². The van der Waals surface area contributed by atoms with Gasteiger partial charge in [0.2, 0.25) is 5.84 Å². The molecule has 1 heterocycles. The fourth-order valence-electron chi connectivity index (χ4n) is 0.567. The summed E-state index contributed by atoms with van der Waals surface area (Å²) >= 11 is 0. The van der Waals surface area contributed by atoms with E-state index in [2.05, 4.69) is 29.7 Å². The lowest BCUT2D eigenvalue weighted by Gasteiger charge is -1.93. The number of hydrogen-bond acceptors (Lipinski definition) is 7. The minimum atomic E-state index is -1.00. The molecule has 0 aliphatic heterocycles. The van der Waals surface area contributed by atoms with Crippen molar-refractivity contribution in [2.45, 2.75) is 0 Å². The van der Waals surface area contributed by atoms with Crippen LogP contribution in [0, 0.1) is 0 Å². The van der Waals surface area contributed by atoms with Gasteiger partial charge in [-0.25, -0.2) is 4.79 Å².